The molecule has 0 unspecified atom stereocenters. The maximum atomic E-state index is 12.7. The average Bonchev–Trinajstić information content (AvgIpc) is 2.61. The summed E-state index contributed by atoms with van der Waals surface area (Å²) in [4.78, 5) is 10.6. The molecule has 1 N–H and O–H groups in total. The number of anilines is 1. The molecule has 1 aromatic carbocycles. The van der Waals surface area contributed by atoms with Gasteiger partial charge in [0.15, 0.2) is 0 Å². The first kappa shape index (κ1) is 18.1. The van der Waals surface area contributed by atoms with Gasteiger partial charge in [-0.3, -0.25) is 4.72 Å². The van der Waals surface area contributed by atoms with Crippen LogP contribution in [0.4, 0.5) is 5.69 Å². The van der Waals surface area contributed by atoms with E-state index in [0.717, 1.165) is 11.1 Å². The Balaban J connectivity index is 1.98. The van der Waals surface area contributed by atoms with Crippen LogP contribution in [0.15, 0.2) is 53.6 Å². The normalized spacial score (nSPS) is 11.7. The summed E-state index contributed by atoms with van der Waals surface area (Å²) in [6.07, 6.45) is 1.26. The van der Waals surface area contributed by atoms with Crippen LogP contribution in [0, 0.1) is 0 Å². The predicted molar refractivity (Wildman–Crippen MR) is 101 cm³/mol. The summed E-state index contributed by atoms with van der Waals surface area (Å²) in [5, 5.41) is 0.862. The molecule has 0 aliphatic rings. The molecule has 0 spiro atoms. The summed E-state index contributed by atoms with van der Waals surface area (Å²) >= 11 is 0. The van der Waals surface area contributed by atoms with Gasteiger partial charge in [-0.05, 0) is 32.3 Å². The first-order valence-electron chi connectivity index (χ1n) is 7.95. The number of benzene rings is 1. The summed E-state index contributed by atoms with van der Waals surface area (Å²) in [6.45, 7) is 0.666. The van der Waals surface area contributed by atoms with E-state index in [0.29, 0.717) is 23.6 Å². The van der Waals surface area contributed by atoms with Gasteiger partial charge < -0.3 is 9.64 Å². The molecule has 0 radical (unpaired) electrons. The number of nitrogens with zero attached hydrogens (tertiary/aromatic N) is 3. The van der Waals surface area contributed by atoms with E-state index in [1.807, 2.05) is 37.2 Å². The molecule has 3 aromatic rings. The molecule has 8 heteroatoms. The van der Waals surface area contributed by atoms with E-state index in [1.54, 1.807) is 12.1 Å². The Morgan fingerprint density at radius 3 is 2.58 bits per heavy atom. The van der Waals surface area contributed by atoms with E-state index in [2.05, 4.69) is 14.7 Å². The SMILES string of the molecule is COc1ccc(S(=O)(=O)Nc2cccc3ccc(CN(C)C)nc23)cn1. The van der Waals surface area contributed by atoms with Crippen LogP contribution in [0.2, 0.25) is 0 Å². The van der Waals surface area contributed by atoms with Gasteiger partial charge in [-0.15, -0.1) is 0 Å². The fraction of sp³-hybridized carbons (Fsp3) is 0.222. The van der Waals surface area contributed by atoms with Crippen LogP contribution in [0.3, 0.4) is 0 Å². The highest BCUT2D eigenvalue weighted by molar-refractivity contribution is 7.92. The van der Waals surface area contributed by atoms with Crippen LogP contribution >= 0.6 is 0 Å². The number of pyridine rings is 2. The number of rotatable bonds is 6. The van der Waals surface area contributed by atoms with E-state index in [1.165, 1.54) is 25.4 Å². The standard InChI is InChI=1S/C18H20N4O3S/c1-22(2)12-14-8-7-13-5-4-6-16(18(13)20-14)21-26(23,24)15-9-10-17(25-3)19-11-15/h4-11,21H,12H2,1-3H3. The lowest BCUT2D eigenvalue weighted by Crippen LogP contribution is -2.14. The van der Waals surface area contributed by atoms with Crippen LogP contribution < -0.4 is 9.46 Å². The third kappa shape index (κ3) is 3.92. The zero-order valence-corrected chi connectivity index (χ0v) is 15.6. The number of ether oxygens (including phenoxy) is 1. The molecule has 0 aliphatic carbocycles. The highest BCUT2D eigenvalue weighted by Crippen LogP contribution is 2.25. The molecular formula is C18H20N4O3S. The fourth-order valence-electron chi connectivity index (χ4n) is 2.53. The van der Waals surface area contributed by atoms with Crippen molar-refractivity contribution >= 4 is 26.6 Å². The number of sulfonamides is 1. The molecule has 0 atom stereocenters. The molecule has 0 saturated heterocycles. The average molecular weight is 372 g/mol. The van der Waals surface area contributed by atoms with Crippen LogP contribution in [0.5, 0.6) is 5.88 Å². The molecular weight excluding hydrogens is 352 g/mol. The first-order valence-corrected chi connectivity index (χ1v) is 9.43. The molecule has 0 aliphatic heterocycles. The number of methoxy groups -OCH3 is 1. The van der Waals surface area contributed by atoms with Crippen molar-refractivity contribution in [1.29, 1.82) is 0 Å². The predicted octanol–water partition coefficient (Wildman–Crippen LogP) is 2.50. The second kappa shape index (κ2) is 7.27. The van der Waals surface area contributed by atoms with Crippen molar-refractivity contribution in [2.45, 2.75) is 11.4 Å². The maximum Gasteiger partial charge on any atom is 0.263 e. The van der Waals surface area contributed by atoms with Gasteiger partial charge in [0.1, 0.15) is 4.90 Å². The third-order valence-electron chi connectivity index (χ3n) is 3.73. The summed E-state index contributed by atoms with van der Waals surface area (Å²) in [6, 6.07) is 12.2. The smallest absolute Gasteiger partial charge is 0.263 e. The van der Waals surface area contributed by atoms with Crippen molar-refractivity contribution in [3.63, 3.8) is 0 Å². The Hall–Kier alpha value is -2.71. The second-order valence-corrected chi connectivity index (χ2v) is 7.74. The van der Waals surface area contributed by atoms with Crippen molar-refractivity contribution in [1.82, 2.24) is 14.9 Å². The number of hydrogen-bond acceptors (Lipinski definition) is 6. The van der Waals surface area contributed by atoms with E-state index in [4.69, 9.17) is 4.74 Å². The lowest BCUT2D eigenvalue weighted by Gasteiger charge is -2.13. The Morgan fingerprint density at radius 1 is 1.12 bits per heavy atom. The zero-order valence-electron chi connectivity index (χ0n) is 14.8. The maximum absolute atomic E-state index is 12.7. The molecule has 0 bridgehead atoms. The van der Waals surface area contributed by atoms with Gasteiger partial charge in [-0.1, -0.05) is 18.2 Å². The highest BCUT2D eigenvalue weighted by atomic mass is 32.2. The summed E-state index contributed by atoms with van der Waals surface area (Å²) < 4.78 is 32.9. The van der Waals surface area contributed by atoms with Gasteiger partial charge in [0.2, 0.25) is 5.88 Å². The molecule has 3 rings (SSSR count). The van der Waals surface area contributed by atoms with Gasteiger partial charge in [0, 0.05) is 18.0 Å². The van der Waals surface area contributed by atoms with E-state index in [9.17, 15) is 8.42 Å². The molecule has 26 heavy (non-hydrogen) atoms. The Kier molecular flexibility index (Phi) is 5.06. The van der Waals surface area contributed by atoms with Crippen molar-refractivity contribution in [2.24, 2.45) is 0 Å². The van der Waals surface area contributed by atoms with Crippen molar-refractivity contribution in [3.05, 3.63) is 54.4 Å². The second-order valence-electron chi connectivity index (χ2n) is 6.06. The summed E-state index contributed by atoms with van der Waals surface area (Å²) in [5.74, 6) is 0.351. The van der Waals surface area contributed by atoms with Gasteiger partial charge in [0.25, 0.3) is 10.0 Å². The van der Waals surface area contributed by atoms with Gasteiger partial charge in [-0.2, -0.15) is 0 Å². The van der Waals surface area contributed by atoms with Crippen molar-refractivity contribution < 1.29 is 13.2 Å². The zero-order chi connectivity index (χ0) is 18.7. The number of nitrogens with one attached hydrogen (secondary N) is 1. The van der Waals surface area contributed by atoms with Crippen LogP contribution in [0.25, 0.3) is 10.9 Å². The lowest BCUT2D eigenvalue weighted by atomic mass is 10.2. The molecule has 2 aromatic heterocycles. The van der Waals surface area contributed by atoms with E-state index in [-0.39, 0.29) is 4.90 Å². The quantitative estimate of drug-likeness (QED) is 0.716. The molecule has 0 amide bonds. The van der Waals surface area contributed by atoms with Crippen molar-refractivity contribution in [2.75, 3.05) is 25.9 Å². The number of fused-ring (bicyclic) bond motifs is 1. The topological polar surface area (TPSA) is 84.4 Å². The first-order chi connectivity index (χ1) is 12.4. The molecule has 2 heterocycles. The summed E-state index contributed by atoms with van der Waals surface area (Å²) in [7, 11) is 1.60. The van der Waals surface area contributed by atoms with Crippen LogP contribution in [0.1, 0.15) is 5.69 Å². The van der Waals surface area contributed by atoms with E-state index < -0.39 is 10.0 Å². The number of aromatic nitrogens is 2. The molecule has 136 valence electrons. The fourth-order valence-corrected chi connectivity index (χ4v) is 3.54. The van der Waals surface area contributed by atoms with Gasteiger partial charge in [0.05, 0.1) is 30.2 Å². The Bertz CT molecular complexity index is 1020. The largest absolute Gasteiger partial charge is 0.481 e. The third-order valence-corrected chi connectivity index (χ3v) is 5.08. The summed E-state index contributed by atoms with van der Waals surface area (Å²) in [5.41, 5.74) is 1.90. The Labute approximate surface area is 152 Å². The van der Waals surface area contributed by atoms with Crippen molar-refractivity contribution in [3.8, 4) is 5.88 Å². The van der Waals surface area contributed by atoms with Gasteiger partial charge in [-0.25, -0.2) is 18.4 Å². The number of para-hydroxylation sites is 1. The van der Waals surface area contributed by atoms with Crippen LogP contribution in [-0.4, -0.2) is 44.5 Å². The van der Waals surface area contributed by atoms with Crippen LogP contribution in [-0.2, 0) is 16.6 Å². The lowest BCUT2D eigenvalue weighted by molar-refractivity contribution is 0.397. The van der Waals surface area contributed by atoms with Gasteiger partial charge >= 0.3 is 0 Å². The minimum Gasteiger partial charge on any atom is -0.481 e. The highest BCUT2D eigenvalue weighted by Gasteiger charge is 2.17. The monoisotopic (exact) mass is 372 g/mol. The Morgan fingerprint density at radius 2 is 1.92 bits per heavy atom. The minimum atomic E-state index is -3.78. The number of hydrogen-bond donors (Lipinski definition) is 1. The molecule has 7 nitrogen and oxygen atoms in total. The van der Waals surface area contributed by atoms with E-state index >= 15 is 0 Å². The molecule has 0 saturated carbocycles. The molecule has 0 fully saturated rings. The minimum absolute atomic E-state index is 0.0553.